The van der Waals surface area contributed by atoms with E-state index >= 15 is 0 Å². The highest BCUT2D eigenvalue weighted by Gasteiger charge is 2.25. The fraction of sp³-hybridized carbons (Fsp3) is 1.00. The molecule has 0 amide bonds. The maximum atomic E-state index is 3.77. The Morgan fingerprint density at radius 1 is 1.07 bits per heavy atom. The van der Waals surface area contributed by atoms with Gasteiger partial charge in [0.05, 0.1) is 0 Å². The molecule has 2 unspecified atom stereocenters. The van der Waals surface area contributed by atoms with E-state index in [9.17, 15) is 0 Å². The maximum Gasteiger partial charge on any atom is 0.00723 e. The van der Waals surface area contributed by atoms with Crippen LogP contribution in [-0.2, 0) is 0 Å². The van der Waals surface area contributed by atoms with Crippen LogP contribution >= 0.6 is 0 Å². The van der Waals surface area contributed by atoms with Crippen molar-refractivity contribution in [2.75, 3.05) is 6.54 Å². The van der Waals surface area contributed by atoms with Crippen LogP contribution in [0.5, 0.6) is 0 Å². The van der Waals surface area contributed by atoms with Crippen molar-refractivity contribution < 1.29 is 0 Å². The monoisotopic (exact) mass is 211 g/mol. The molecule has 0 aliphatic heterocycles. The summed E-state index contributed by atoms with van der Waals surface area (Å²) in [5.74, 6) is 1.83. The average molecular weight is 211 g/mol. The topological polar surface area (TPSA) is 12.0 Å². The summed E-state index contributed by atoms with van der Waals surface area (Å²) in [7, 11) is 0. The van der Waals surface area contributed by atoms with Gasteiger partial charge in [-0.2, -0.15) is 0 Å². The number of hydrogen-bond donors (Lipinski definition) is 1. The molecule has 0 saturated heterocycles. The van der Waals surface area contributed by atoms with Crippen molar-refractivity contribution in [3.8, 4) is 0 Å². The largest absolute Gasteiger partial charge is 0.313 e. The molecule has 2 atom stereocenters. The zero-order valence-corrected chi connectivity index (χ0v) is 11.3. The SMILES string of the molecule is CCC(C)(C)CNC1CC(C)CC(C)C1. The zero-order valence-electron chi connectivity index (χ0n) is 11.3. The lowest BCUT2D eigenvalue weighted by Gasteiger charge is -2.34. The van der Waals surface area contributed by atoms with Crippen LogP contribution in [0.3, 0.4) is 0 Å². The van der Waals surface area contributed by atoms with Crippen molar-refractivity contribution in [1.82, 2.24) is 5.32 Å². The number of rotatable bonds is 4. The van der Waals surface area contributed by atoms with E-state index in [1.807, 2.05) is 0 Å². The predicted octanol–water partition coefficient (Wildman–Crippen LogP) is 3.84. The fourth-order valence-corrected chi connectivity index (χ4v) is 2.66. The Morgan fingerprint density at radius 2 is 1.60 bits per heavy atom. The molecule has 0 bridgehead atoms. The molecule has 0 aromatic rings. The summed E-state index contributed by atoms with van der Waals surface area (Å²) in [5.41, 5.74) is 0.462. The van der Waals surface area contributed by atoms with Gasteiger partial charge in [0.1, 0.15) is 0 Å². The molecule has 1 heteroatoms. The van der Waals surface area contributed by atoms with Crippen molar-refractivity contribution >= 4 is 0 Å². The van der Waals surface area contributed by atoms with Crippen molar-refractivity contribution in [2.45, 2.75) is 66.3 Å². The molecule has 1 fully saturated rings. The van der Waals surface area contributed by atoms with Crippen LogP contribution in [0.1, 0.15) is 60.3 Å². The first-order valence-corrected chi connectivity index (χ1v) is 6.66. The van der Waals surface area contributed by atoms with E-state index in [2.05, 4.69) is 39.9 Å². The predicted molar refractivity (Wildman–Crippen MR) is 68.0 cm³/mol. The van der Waals surface area contributed by atoms with Gasteiger partial charge in [0.2, 0.25) is 0 Å². The van der Waals surface area contributed by atoms with Crippen molar-refractivity contribution in [2.24, 2.45) is 17.3 Å². The van der Waals surface area contributed by atoms with E-state index in [-0.39, 0.29) is 0 Å². The van der Waals surface area contributed by atoms with Crippen LogP contribution in [0.25, 0.3) is 0 Å². The minimum Gasteiger partial charge on any atom is -0.313 e. The van der Waals surface area contributed by atoms with Crippen LogP contribution in [0.15, 0.2) is 0 Å². The molecule has 0 heterocycles. The second kappa shape index (κ2) is 5.34. The van der Waals surface area contributed by atoms with Crippen LogP contribution in [0.2, 0.25) is 0 Å². The standard InChI is InChI=1S/C14H29N/c1-6-14(4,5)10-15-13-8-11(2)7-12(3)9-13/h11-13,15H,6-10H2,1-5H3. The lowest BCUT2D eigenvalue weighted by molar-refractivity contribution is 0.214. The summed E-state index contributed by atoms with van der Waals surface area (Å²) < 4.78 is 0. The van der Waals surface area contributed by atoms with E-state index in [0.717, 1.165) is 17.9 Å². The smallest absolute Gasteiger partial charge is 0.00723 e. The van der Waals surface area contributed by atoms with E-state index in [0.29, 0.717) is 5.41 Å². The Labute approximate surface area is 96.0 Å². The summed E-state index contributed by atoms with van der Waals surface area (Å²) in [4.78, 5) is 0. The summed E-state index contributed by atoms with van der Waals surface area (Å²) in [6, 6.07) is 0.773. The molecular formula is C14H29N. The van der Waals surface area contributed by atoms with E-state index < -0.39 is 0 Å². The molecule has 90 valence electrons. The van der Waals surface area contributed by atoms with Gasteiger partial charge in [-0.15, -0.1) is 0 Å². The molecule has 0 spiro atoms. The van der Waals surface area contributed by atoms with E-state index in [1.54, 1.807) is 0 Å². The zero-order chi connectivity index (χ0) is 11.5. The Kier molecular flexibility index (Phi) is 4.64. The first kappa shape index (κ1) is 13.0. The Morgan fingerprint density at radius 3 is 2.07 bits per heavy atom. The minimum absolute atomic E-state index is 0.462. The molecule has 1 rings (SSSR count). The molecule has 1 saturated carbocycles. The van der Waals surface area contributed by atoms with Crippen molar-refractivity contribution in [1.29, 1.82) is 0 Å². The molecule has 0 aromatic carbocycles. The first-order chi connectivity index (χ1) is 6.93. The van der Waals surface area contributed by atoms with Gasteiger partial charge < -0.3 is 5.32 Å². The summed E-state index contributed by atoms with van der Waals surface area (Å²) in [6.45, 7) is 13.0. The Hall–Kier alpha value is -0.0400. The van der Waals surface area contributed by atoms with Gasteiger partial charge in [0.25, 0.3) is 0 Å². The second-order valence-corrected chi connectivity index (χ2v) is 6.51. The molecule has 0 radical (unpaired) electrons. The second-order valence-electron chi connectivity index (χ2n) is 6.51. The third-order valence-electron chi connectivity index (χ3n) is 4.00. The average Bonchev–Trinajstić information content (AvgIpc) is 2.14. The highest BCUT2D eigenvalue weighted by Crippen LogP contribution is 2.29. The summed E-state index contributed by atoms with van der Waals surface area (Å²) in [5, 5.41) is 3.77. The lowest BCUT2D eigenvalue weighted by Crippen LogP contribution is -2.41. The number of nitrogens with one attached hydrogen (secondary N) is 1. The molecule has 1 aliphatic rings. The van der Waals surface area contributed by atoms with Crippen molar-refractivity contribution in [3.05, 3.63) is 0 Å². The van der Waals surface area contributed by atoms with E-state index in [4.69, 9.17) is 0 Å². The highest BCUT2D eigenvalue weighted by molar-refractivity contribution is 4.81. The quantitative estimate of drug-likeness (QED) is 0.745. The van der Waals surface area contributed by atoms with Crippen LogP contribution < -0.4 is 5.32 Å². The minimum atomic E-state index is 0.462. The van der Waals surface area contributed by atoms with Gasteiger partial charge in [-0.1, -0.05) is 34.6 Å². The third-order valence-corrected chi connectivity index (χ3v) is 4.00. The molecular weight excluding hydrogens is 182 g/mol. The van der Waals surface area contributed by atoms with Crippen molar-refractivity contribution in [3.63, 3.8) is 0 Å². The molecule has 1 N–H and O–H groups in total. The van der Waals surface area contributed by atoms with Gasteiger partial charge in [-0.05, 0) is 42.9 Å². The van der Waals surface area contributed by atoms with Crippen LogP contribution in [0.4, 0.5) is 0 Å². The third kappa shape index (κ3) is 4.55. The van der Waals surface area contributed by atoms with Crippen LogP contribution in [-0.4, -0.2) is 12.6 Å². The summed E-state index contributed by atoms with van der Waals surface area (Å²) >= 11 is 0. The molecule has 1 nitrogen and oxygen atoms in total. The van der Waals surface area contributed by atoms with Gasteiger partial charge in [0.15, 0.2) is 0 Å². The van der Waals surface area contributed by atoms with Gasteiger partial charge >= 0.3 is 0 Å². The molecule has 0 aromatic heterocycles. The lowest BCUT2D eigenvalue weighted by atomic mass is 9.80. The van der Waals surface area contributed by atoms with E-state index in [1.165, 1.54) is 32.2 Å². The Balaban J connectivity index is 2.32. The van der Waals surface area contributed by atoms with Gasteiger partial charge in [-0.25, -0.2) is 0 Å². The van der Waals surface area contributed by atoms with Gasteiger partial charge in [-0.3, -0.25) is 0 Å². The maximum absolute atomic E-state index is 3.77. The van der Waals surface area contributed by atoms with Gasteiger partial charge in [0, 0.05) is 12.6 Å². The van der Waals surface area contributed by atoms with Crippen LogP contribution in [0, 0.1) is 17.3 Å². The molecule has 15 heavy (non-hydrogen) atoms. The first-order valence-electron chi connectivity index (χ1n) is 6.66. The Bertz CT molecular complexity index is 176. The normalized spacial score (nSPS) is 33.0. The fourth-order valence-electron chi connectivity index (χ4n) is 2.66. The molecule has 1 aliphatic carbocycles. The highest BCUT2D eigenvalue weighted by atomic mass is 14.9. The number of hydrogen-bond acceptors (Lipinski definition) is 1. The summed E-state index contributed by atoms with van der Waals surface area (Å²) in [6.07, 6.45) is 5.45.